The van der Waals surface area contributed by atoms with E-state index in [9.17, 15) is 4.79 Å². The average molecular weight is 214 g/mol. The van der Waals surface area contributed by atoms with Crippen molar-refractivity contribution in [3.05, 3.63) is 53.3 Å². The van der Waals surface area contributed by atoms with E-state index in [-0.39, 0.29) is 5.91 Å². The van der Waals surface area contributed by atoms with Crippen LogP contribution < -0.4 is 11.3 Å². The SMILES string of the molecule is NNC(=O)c1ccc(C2CC=C=CC2)cc1. The molecule has 0 unspecified atom stereocenters. The number of benzene rings is 1. The third-order valence-electron chi connectivity index (χ3n) is 2.82. The third kappa shape index (κ3) is 2.22. The Kier molecular flexibility index (Phi) is 3.20. The Morgan fingerprint density at radius 2 is 1.88 bits per heavy atom. The fraction of sp³-hybridized carbons (Fsp3) is 0.231. The van der Waals surface area contributed by atoms with Crippen molar-refractivity contribution in [3.8, 4) is 0 Å². The van der Waals surface area contributed by atoms with E-state index in [4.69, 9.17) is 5.84 Å². The van der Waals surface area contributed by atoms with Crippen LogP contribution in [-0.4, -0.2) is 5.91 Å². The van der Waals surface area contributed by atoms with Gasteiger partial charge < -0.3 is 0 Å². The number of carbonyl (C=O) groups is 1. The number of nitrogen functional groups attached to an aromatic ring is 1. The lowest BCUT2D eigenvalue weighted by atomic mass is 9.90. The van der Waals surface area contributed by atoms with E-state index in [1.54, 1.807) is 12.1 Å². The van der Waals surface area contributed by atoms with E-state index in [0.717, 1.165) is 12.8 Å². The predicted molar refractivity (Wildman–Crippen MR) is 62.7 cm³/mol. The van der Waals surface area contributed by atoms with Crippen LogP contribution in [0.1, 0.15) is 34.7 Å². The molecule has 2 rings (SSSR count). The second-order valence-electron chi connectivity index (χ2n) is 3.84. The lowest BCUT2D eigenvalue weighted by molar-refractivity contribution is 0.0953. The van der Waals surface area contributed by atoms with E-state index in [1.807, 2.05) is 12.1 Å². The number of hydrazine groups is 1. The molecule has 1 aromatic carbocycles. The Balaban J connectivity index is 2.13. The molecule has 0 fully saturated rings. The molecule has 1 amide bonds. The highest BCUT2D eigenvalue weighted by Crippen LogP contribution is 2.26. The van der Waals surface area contributed by atoms with Gasteiger partial charge in [0.15, 0.2) is 0 Å². The molecule has 82 valence electrons. The monoisotopic (exact) mass is 214 g/mol. The number of nitrogens with one attached hydrogen (secondary N) is 1. The maximum absolute atomic E-state index is 11.2. The molecule has 0 saturated carbocycles. The number of rotatable bonds is 2. The molecule has 0 bridgehead atoms. The van der Waals surface area contributed by atoms with Crippen LogP contribution in [0.15, 0.2) is 42.1 Å². The topological polar surface area (TPSA) is 55.1 Å². The third-order valence-corrected chi connectivity index (χ3v) is 2.82. The van der Waals surface area contributed by atoms with Crippen molar-refractivity contribution in [2.45, 2.75) is 18.8 Å². The van der Waals surface area contributed by atoms with Crippen LogP contribution in [0.3, 0.4) is 0 Å². The molecular weight excluding hydrogens is 200 g/mol. The zero-order valence-corrected chi connectivity index (χ0v) is 8.94. The van der Waals surface area contributed by atoms with Gasteiger partial charge in [-0.1, -0.05) is 12.1 Å². The van der Waals surface area contributed by atoms with Crippen LogP contribution in [0, 0.1) is 0 Å². The molecule has 1 aromatic rings. The highest BCUT2D eigenvalue weighted by Gasteiger charge is 2.11. The van der Waals surface area contributed by atoms with Gasteiger partial charge >= 0.3 is 0 Å². The van der Waals surface area contributed by atoms with Gasteiger partial charge in [-0.05, 0) is 48.6 Å². The summed E-state index contributed by atoms with van der Waals surface area (Å²) in [5.74, 6) is 5.32. The van der Waals surface area contributed by atoms with Gasteiger partial charge in [-0.3, -0.25) is 10.2 Å². The summed E-state index contributed by atoms with van der Waals surface area (Å²) >= 11 is 0. The molecule has 3 heteroatoms. The second-order valence-corrected chi connectivity index (χ2v) is 3.84. The summed E-state index contributed by atoms with van der Waals surface area (Å²) < 4.78 is 0. The van der Waals surface area contributed by atoms with E-state index in [0.29, 0.717) is 11.5 Å². The number of nitrogens with two attached hydrogens (primary N) is 1. The van der Waals surface area contributed by atoms with Crippen molar-refractivity contribution in [1.29, 1.82) is 0 Å². The first-order valence-electron chi connectivity index (χ1n) is 5.31. The molecule has 0 heterocycles. The van der Waals surface area contributed by atoms with Crippen LogP contribution in [0.4, 0.5) is 0 Å². The van der Waals surface area contributed by atoms with Crippen molar-refractivity contribution < 1.29 is 4.79 Å². The van der Waals surface area contributed by atoms with Gasteiger partial charge in [0.2, 0.25) is 0 Å². The standard InChI is InChI=1S/C13H14N2O/c14-15-13(16)12-8-6-11(7-9-12)10-4-2-1-3-5-10/h2-3,6-10H,4-5,14H2,(H,15,16). The molecule has 0 atom stereocenters. The van der Waals surface area contributed by atoms with Crippen molar-refractivity contribution in [3.63, 3.8) is 0 Å². The van der Waals surface area contributed by atoms with Crippen LogP contribution in [0.25, 0.3) is 0 Å². The average Bonchev–Trinajstić information content (AvgIpc) is 2.39. The van der Waals surface area contributed by atoms with Crippen LogP contribution in [0.5, 0.6) is 0 Å². The lowest BCUT2D eigenvalue weighted by Gasteiger charge is -2.15. The number of hydrogen-bond donors (Lipinski definition) is 2. The number of carbonyl (C=O) groups excluding carboxylic acids is 1. The highest BCUT2D eigenvalue weighted by atomic mass is 16.2. The minimum absolute atomic E-state index is 0.255. The Bertz CT molecular complexity index is 432. The summed E-state index contributed by atoms with van der Waals surface area (Å²) in [6.45, 7) is 0. The molecule has 3 nitrogen and oxygen atoms in total. The van der Waals surface area contributed by atoms with Crippen LogP contribution in [0.2, 0.25) is 0 Å². The fourth-order valence-electron chi connectivity index (χ4n) is 1.86. The largest absolute Gasteiger partial charge is 0.290 e. The number of allylic oxidation sites excluding steroid dienone is 1. The first kappa shape index (κ1) is 10.7. The van der Waals surface area contributed by atoms with Crippen molar-refractivity contribution in [2.24, 2.45) is 5.84 Å². The smallest absolute Gasteiger partial charge is 0.265 e. The van der Waals surface area contributed by atoms with Crippen LogP contribution >= 0.6 is 0 Å². The summed E-state index contributed by atoms with van der Waals surface area (Å²) in [5, 5.41) is 0. The van der Waals surface area contributed by atoms with Gasteiger partial charge in [0.05, 0.1) is 0 Å². The normalized spacial score (nSPS) is 15.1. The van der Waals surface area contributed by atoms with Gasteiger partial charge in [0.25, 0.3) is 5.91 Å². The second kappa shape index (κ2) is 4.79. The molecule has 3 N–H and O–H groups in total. The van der Waals surface area contributed by atoms with Gasteiger partial charge in [-0.25, -0.2) is 5.84 Å². The fourth-order valence-corrected chi connectivity index (χ4v) is 1.86. The molecule has 0 aromatic heterocycles. The summed E-state index contributed by atoms with van der Waals surface area (Å²) in [6.07, 6.45) is 6.13. The molecule has 0 saturated heterocycles. The van der Waals surface area contributed by atoms with Gasteiger partial charge in [-0.2, -0.15) is 0 Å². The van der Waals surface area contributed by atoms with Gasteiger partial charge in [-0.15, -0.1) is 5.73 Å². The molecule has 0 spiro atoms. The van der Waals surface area contributed by atoms with E-state index < -0.39 is 0 Å². The Hall–Kier alpha value is -1.83. The Labute approximate surface area is 94.6 Å². The maximum Gasteiger partial charge on any atom is 0.265 e. The number of hydrogen-bond acceptors (Lipinski definition) is 2. The summed E-state index contributed by atoms with van der Waals surface area (Å²) in [6, 6.07) is 7.59. The quantitative estimate of drug-likeness (QED) is 0.342. The predicted octanol–water partition coefficient (Wildman–Crippen LogP) is 1.88. The first-order chi connectivity index (χ1) is 7.81. The molecule has 1 aliphatic rings. The zero-order chi connectivity index (χ0) is 11.4. The minimum Gasteiger partial charge on any atom is -0.290 e. The Morgan fingerprint density at radius 1 is 1.25 bits per heavy atom. The molecule has 0 aliphatic heterocycles. The van der Waals surface area contributed by atoms with E-state index in [1.165, 1.54) is 5.56 Å². The highest BCUT2D eigenvalue weighted by molar-refractivity contribution is 5.93. The Morgan fingerprint density at radius 3 is 2.44 bits per heavy atom. The van der Waals surface area contributed by atoms with Crippen molar-refractivity contribution in [1.82, 2.24) is 5.43 Å². The lowest BCUT2D eigenvalue weighted by Crippen LogP contribution is -2.29. The minimum atomic E-state index is -0.255. The first-order valence-corrected chi connectivity index (χ1v) is 5.31. The van der Waals surface area contributed by atoms with E-state index in [2.05, 4.69) is 23.3 Å². The van der Waals surface area contributed by atoms with Crippen LogP contribution in [-0.2, 0) is 0 Å². The van der Waals surface area contributed by atoms with Crippen molar-refractivity contribution in [2.75, 3.05) is 0 Å². The molecule has 0 radical (unpaired) electrons. The van der Waals surface area contributed by atoms with Crippen molar-refractivity contribution >= 4 is 5.91 Å². The molecular formula is C13H14N2O. The summed E-state index contributed by atoms with van der Waals surface area (Å²) in [5.41, 5.74) is 7.05. The van der Waals surface area contributed by atoms with E-state index >= 15 is 0 Å². The summed E-state index contributed by atoms with van der Waals surface area (Å²) in [4.78, 5) is 11.2. The zero-order valence-electron chi connectivity index (χ0n) is 8.94. The number of amides is 1. The van der Waals surface area contributed by atoms with Gasteiger partial charge in [0, 0.05) is 5.56 Å². The van der Waals surface area contributed by atoms with Gasteiger partial charge in [0.1, 0.15) is 0 Å². The summed E-state index contributed by atoms with van der Waals surface area (Å²) in [7, 11) is 0. The molecule has 16 heavy (non-hydrogen) atoms. The maximum atomic E-state index is 11.2. The molecule has 1 aliphatic carbocycles.